The lowest BCUT2D eigenvalue weighted by Gasteiger charge is -2.19. The molecule has 0 aliphatic carbocycles. The van der Waals surface area contributed by atoms with E-state index in [0.29, 0.717) is 24.1 Å². The van der Waals surface area contributed by atoms with Crippen LogP contribution in [0.1, 0.15) is 21.1 Å². The molecule has 0 amide bonds. The minimum atomic E-state index is -0.404. The second-order valence-electron chi connectivity index (χ2n) is 4.03. The molecule has 0 bridgehead atoms. The number of rotatable bonds is 4. The molecule has 0 spiro atoms. The van der Waals surface area contributed by atoms with E-state index in [0.717, 1.165) is 10.7 Å². The number of aryl methyl sites for hydroxylation is 1. The lowest BCUT2D eigenvalue weighted by molar-refractivity contribution is 0.112. The lowest BCUT2D eigenvalue weighted by Crippen LogP contribution is -2.18. The topological polar surface area (TPSA) is 33.2 Å². The van der Waals surface area contributed by atoms with Crippen LogP contribution in [0.4, 0.5) is 10.1 Å². The summed E-state index contributed by atoms with van der Waals surface area (Å²) in [5, 5.41) is 2.99. The Kier molecular flexibility index (Phi) is 3.72. The van der Waals surface area contributed by atoms with Gasteiger partial charge in [0, 0.05) is 23.7 Å². The Morgan fingerprint density at radius 1 is 1.50 bits per heavy atom. The van der Waals surface area contributed by atoms with E-state index in [-0.39, 0.29) is 0 Å². The summed E-state index contributed by atoms with van der Waals surface area (Å²) in [6, 6.07) is 4.20. The van der Waals surface area contributed by atoms with Crippen molar-refractivity contribution in [2.24, 2.45) is 0 Å². The maximum Gasteiger partial charge on any atom is 0.152 e. The molecule has 94 valence electrons. The highest BCUT2D eigenvalue weighted by Gasteiger charge is 2.10. The van der Waals surface area contributed by atoms with E-state index >= 15 is 0 Å². The first kappa shape index (κ1) is 12.7. The fourth-order valence-electron chi connectivity index (χ4n) is 1.78. The number of aromatic nitrogens is 1. The molecule has 0 aliphatic heterocycles. The highest BCUT2D eigenvalue weighted by molar-refractivity contribution is 7.09. The Labute approximate surface area is 109 Å². The molecule has 0 saturated carbocycles. The van der Waals surface area contributed by atoms with E-state index < -0.39 is 5.82 Å². The molecule has 18 heavy (non-hydrogen) atoms. The van der Waals surface area contributed by atoms with Gasteiger partial charge < -0.3 is 4.90 Å². The molecular weight excluding hydrogens is 251 g/mol. The molecule has 2 aromatic rings. The molecule has 5 heteroatoms. The Balaban J connectivity index is 2.23. The number of carbonyl (C=O) groups excluding carboxylic acids is 1. The molecule has 1 heterocycles. The van der Waals surface area contributed by atoms with E-state index in [1.165, 1.54) is 12.1 Å². The van der Waals surface area contributed by atoms with Crippen molar-refractivity contribution < 1.29 is 9.18 Å². The summed E-state index contributed by atoms with van der Waals surface area (Å²) < 4.78 is 13.0. The van der Waals surface area contributed by atoms with Gasteiger partial charge in [0.1, 0.15) is 5.82 Å². The molecule has 1 aromatic heterocycles. The first-order chi connectivity index (χ1) is 8.60. The molecule has 0 atom stereocenters. The van der Waals surface area contributed by atoms with Crippen LogP contribution < -0.4 is 4.90 Å². The molecule has 0 aliphatic rings. The quantitative estimate of drug-likeness (QED) is 0.796. The number of thiazole rings is 1. The maximum atomic E-state index is 13.0. The van der Waals surface area contributed by atoms with Crippen molar-refractivity contribution in [2.45, 2.75) is 13.5 Å². The number of halogens is 1. The third-order valence-corrected chi connectivity index (χ3v) is 3.42. The predicted octanol–water partition coefficient (Wildman–Crippen LogP) is 3.04. The van der Waals surface area contributed by atoms with Crippen LogP contribution in [0.25, 0.3) is 0 Å². The summed E-state index contributed by atoms with van der Waals surface area (Å²) >= 11 is 1.59. The van der Waals surface area contributed by atoms with Crippen LogP contribution in [0, 0.1) is 12.7 Å². The monoisotopic (exact) mass is 264 g/mol. The number of hydrogen-bond donors (Lipinski definition) is 0. The molecule has 2 rings (SSSR count). The van der Waals surface area contributed by atoms with Crippen LogP contribution in [0.15, 0.2) is 23.6 Å². The van der Waals surface area contributed by atoms with Crippen molar-refractivity contribution in [1.29, 1.82) is 0 Å². The highest BCUT2D eigenvalue weighted by atomic mass is 32.1. The number of benzene rings is 1. The molecule has 0 saturated heterocycles. The minimum Gasteiger partial charge on any atom is -0.368 e. The normalized spacial score (nSPS) is 10.4. The van der Waals surface area contributed by atoms with Crippen molar-refractivity contribution in [1.82, 2.24) is 4.98 Å². The molecule has 3 nitrogen and oxygen atoms in total. The summed E-state index contributed by atoms with van der Waals surface area (Å²) in [6.45, 7) is 2.54. The van der Waals surface area contributed by atoms with Crippen LogP contribution in [-0.2, 0) is 6.54 Å². The van der Waals surface area contributed by atoms with E-state index in [1.807, 2.05) is 24.3 Å². The number of carbonyl (C=O) groups is 1. The fraction of sp³-hybridized carbons (Fsp3) is 0.231. The SMILES string of the molecule is Cc1nc(CN(C)c2ccc(F)cc2C=O)cs1. The number of anilines is 1. The van der Waals surface area contributed by atoms with E-state index in [1.54, 1.807) is 17.4 Å². The molecule has 1 aromatic carbocycles. The standard InChI is InChI=1S/C13H13FN2OS/c1-9-15-12(8-18-9)6-16(2)13-4-3-11(14)5-10(13)7-17/h3-5,7-8H,6H2,1-2H3. The predicted molar refractivity (Wildman–Crippen MR) is 70.7 cm³/mol. The van der Waals surface area contributed by atoms with Gasteiger partial charge in [-0.25, -0.2) is 9.37 Å². The summed E-state index contributed by atoms with van der Waals surface area (Å²) in [7, 11) is 1.86. The van der Waals surface area contributed by atoms with Crippen molar-refractivity contribution in [3.8, 4) is 0 Å². The van der Waals surface area contributed by atoms with Gasteiger partial charge in [-0.3, -0.25) is 4.79 Å². The van der Waals surface area contributed by atoms with Gasteiger partial charge in [0.2, 0.25) is 0 Å². The summed E-state index contributed by atoms with van der Waals surface area (Å²) in [5.74, 6) is -0.404. The first-order valence-electron chi connectivity index (χ1n) is 5.47. The molecule has 0 radical (unpaired) electrons. The molecule has 0 N–H and O–H groups in total. The Bertz CT molecular complexity index is 568. The third-order valence-electron chi connectivity index (χ3n) is 2.59. The van der Waals surface area contributed by atoms with Crippen LogP contribution in [0.3, 0.4) is 0 Å². The van der Waals surface area contributed by atoms with Gasteiger partial charge in [0.25, 0.3) is 0 Å². The average Bonchev–Trinajstić information content (AvgIpc) is 2.74. The zero-order chi connectivity index (χ0) is 13.1. The smallest absolute Gasteiger partial charge is 0.152 e. The first-order valence-corrected chi connectivity index (χ1v) is 6.35. The zero-order valence-electron chi connectivity index (χ0n) is 10.2. The van der Waals surface area contributed by atoms with E-state index in [2.05, 4.69) is 4.98 Å². The average molecular weight is 264 g/mol. The van der Waals surface area contributed by atoms with E-state index in [9.17, 15) is 9.18 Å². The highest BCUT2D eigenvalue weighted by Crippen LogP contribution is 2.21. The minimum absolute atomic E-state index is 0.351. The summed E-state index contributed by atoms with van der Waals surface area (Å²) in [4.78, 5) is 17.2. The van der Waals surface area contributed by atoms with Gasteiger partial charge >= 0.3 is 0 Å². The van der Waals surface area contributed by atoms with Crippen molar-refractivity contribution in [3.05, 3.63) is 45.7 Å². The van der Waals surface area contributed by atoms with Gasteiger partial charge in [0.05, 0.1) is 17.2 Å². The number of hydrogen-bond acceptors (Lipinski definition) is 4. The van der Waals surface area contributed by atoms with Crippen molar-refractivity contribution in [3.63, 3.8) is 0 Å². The number of aldehydes is 1. The second-order valence-corrected chi connectivity index (χ2v) is 5.10. The second kappa shape index (κ2) is 5.27. The van der Waals surface area contributed by atoms with Crippen LogP contribution >= 0.6 is 11.3 Å². The Morgan fingerprint density at radius 3 is 2.89 bits per heavy atom. The summed E-state index contributed by atoms with van der Waals surface area (Å²) in [6.07, 6.45) is 0.668. The fourth-order valence-corrected chi connectivity index (χ4v) is 2.38. The van der Waals surface area contributed by atoms with Crippen LogP contribution in [0.2, 0.25) is 0 Å². The van der Waals surface area contributed by atoms with Gasteiger partial charge in [-0.05, 0) is 25.1 Å². The zero-order valence-corrected chi connectivity index (χ0v) is 11.0. The third kappa shape index (κ3) is 2.73. The van der Waals surface area contributed by atoms with Gasteiger partial charge in [0.15, 0.2) is 6.29 Å². The summed E-state index contributed by atoms with van der Waals surface area (Å²) in [5.41, 5.74) is 2.00. The largest absolute Gasteiger partial charge is 0.368 e. The lowest BCUT2D eigenvalue weighted by atomic mass is 10.1. The van der Waals surface area contributed by atoms with Gasteiger partial charge in [-0.2, -0.15) is 0 Å². The van der Waals surface area contributed by atoms with Gasteiger partial charge in [-0.1, -0.05) is 0 Å². The molecule has 0 fully saturated rings. The Hall–Kier alpha value is -1.75. The van der Waals surface area contributed by atoms with Gasteiger partial charge in [-0.15, -0.1) is 11.3 Å². The van der Waals surface area contributed by atoms with Crippen molar-refractivity contribution in [2.75, 3.05) is 11.9 Å². The van der Waals surface area contributed by atoms with E-state index in [4.69, 9.17) is 0 Å². The number of nitrogens with zero attached hydrogens (tertiary/aromatic N) is 2. The molecular formula is C13H13FN2OS. The van der Waals surface area contributed by atoms with Crippen LogP contribution in [0.5, 0.6) is 0 Å². The maximum absolute atomic E-state index is 13.0. The molecule has 0 unspecified atom stereocenters. The van der Waals surface area contributed by atoms with Crippen LogP contribution in [-0.4, -0.2) is 18.3 Å². The van der Waals surface area contributed by atoms with Crippen molar-refractivity contribution >= 4 is 23.3 Å². The Morgan fingerprint density at radius 2 is 2.28 bits per heavy atom.